The summed E-state index contributed by atoms with van der Waals surface area (Å²) in [6.45, 7) is 9.35. The molecule has 0 radical (unpaired) electrons. The van der Waals surface area contributed by atoms with Crippen LogP contribution in [-0.2, 0) is 0 Å². The van der Waals surface area contributed by atoms with Crippen molar-refractivity contribution in [3.05, 3.63) is 18.5 Å². The van der Waals surface area contributed by atoms with Gasteiger partial charge in [0, 0.05) is 50.7 Å². The molecule has 5 nitrogen and oxygen atoms in total. The number of hydrogen-bond acceptors (Lipinski definition) is 5. The van der Waals surface area contributed by atoms with Gasteiger partial charge in [-0.2, -0.15) is 0 Å². The minimum Gasteiger partial charge on any atom is -0.338 e. The number of piperazine rings is 1. The molecule has 2 N–H and O–H groups in total. The van der Waals surface area contributed by atoms with Crippen LogP contribution < -0.4 is 10.6 Å². The average molecular weight is 291 g/mol. The predicted molar refractivity (Wildman–Crippen MR) is 87.4 cm³/mol. The molecule has 1 unspecified atom stereocenters. The number of nitrogens with zero attached hydrogens (tertiary/aromatic N) is 4. The van der Waals surface area contributed by atoms with Crippen LogP contribution in [0.15, 0.2) is 18.5 Å². The van der Waals surface area contributed by atoms with Crippen molar-refractivity contribution in [2.24, 2.45) is 5.73 Å². The second-order valence-corrected chi connectivity index (χ2v) is 5.91. The van der Waals surface area contributed by atoms with Gasteiger partial charge in [-0.15, -0.1) is 0 Å². The number of unbranched alkanes of at least 4 members (excludes halogenated alkanes) is 1. The molecule has 1 aliphatic rings. The lowest BCUT2D eigenvalue weighted by molar-refractivity contribution is 0.0717. The van der Waals surface area contributed by atoms with Gasteiger partial charge < -0.3 is 10.6 Å². The molecule has 1 aliphatic heterocycles. The highest BCUT2D eigenvalue weighted by Gasteiger charge is 2.35. The van der Waals surface area contributed by atoms with Gasteiger partial charge in [0.05, 0.1) is 0 Å². The van der Waals surface area contributed by atoms with E-state index in [0.717, 1.165) is 45.1 Å². The second kappa shape index (κ2) is 7.71. The Bertz CT molecular complexity index is 396. The van der Waals surface area contributed by atoms with Gasteiger partial charge in [0.25, 0.3) is 0 Å². The summed E-state index contributed by atoms with van der Waals surface area (Å²) < 4.78 is 0. The smallest absolute Gasteiger partial charge is 0.225 e. The monoisotopic (exact) mass is 291 g/mol. The molecule has 0 amide bonds. The highest BCUT2D eigenvalue weighted by molar-refractivity contribution is 5.29. The molecule has 0 aromatic carbocycles. The Kier molecular flexibility index (Phi) is 5.94. The summed E-state index contributed by atoms with van der Waals surface area (Å²) in [4.78, 5) is 13.6. The van der Waals surface area contributed by atoms with Crippen LogP contribution in [0.2, 0.25) is 0 Å². The maximum atomic E-state index is 6.16. The van der Waals surface area contributed by atoms with Gasteiger partial charge in [0.15, 0.2) is 0 Å². The maximum absolute atomic E-state index is 6.16. The Balaban J connectivity index is 1.98. The van der Waals surface area contributed by atoms with Gasteiger partial charge >= 0.3 is 0 Å². The van der Waals surface area contributed by atoms with E-state index in [2.05, 4.69) is 33.6 Å². The number of hydrogen-bond donors (Lipinski definition) is 1. The molecular formula is C16H29N5. The highest BCUT2D eigenvalue weighted by Crippen LogP contribution is 2.27. The molecule has 0 aliphatic carbocycles. The highest BCUT2D eigenvalue weighted by atomic mass is 15.3. The molecule has 5 heteroatoms. The first kappa shape index (κ1) is 16.2. The first-order valence-electron chi connectivity index (χ1n) is 8.23. The molecule has 1 aromatic rings. The van der Waals surface area contributed by atoms with Crippen LogP contribution in [0.5, 0.6) is 0 Å². The van der Waals surface area contributed by atoms with Crippen molar-refractivity contribution in [2.45, 2.75) is 45.1 Å². The van der Waals surface area contributed by atoms with E-state index < -0.39 is 0 Å². The first-order valence-corrected chi connectivity index (χ1v) is 8.23. The molecular weight excluding hydrogens is 262 g/mol. The summed E-state index contributed by atoms with van der Waals surface area (Å²) in [7, 11) is 0. The fourth-order valence-corrected chi connectivity index (χ4v) is 3.28. The summed E-state index contributed by atoms with van der Waals surface area (Å²) in [5.41, 5.74) is 6.34. The van der Waals surface area contributed by atoms with Crippen LogP contribution in [0.4, 0.5) is 5.95 Å². The van der Waals surface area contributed by atoms with Crippen molar-refractivity contribution in [1.82, 2.24) is 14.9 Å². The fourth-order valence-electron chi connectivity index (χ4n) is 3.28. The zero-order chi connectivity index (χ0) is 15.1. The molecule has 2 rings (SSSR count). The van der Waals surface area contributed by atoms with Gasteiger partial charge in [0.1, 0.15) is 0 Å². The van der Waals surface area contributed by atoms with E-state index in [1.807, 2.05) is 18.5 Å². The summed E-state index contributed by atoms with van der Waals surface area (Å²) in [5, 5.41) is 0. The predicted octanol–water partition coefficient (Wildman–Crippen LogP) is 1.90. The van der Waals surface area contributed by atoms with Crippen molar-refractivity contribution < 1.29 is 0 Å². The minimum absolute atomic E-state index is 0.180. The lowest BCUT2D eigenvalue weighted by atomic mass is 9.87. The molecule has 1 fully saturated rings. The zero-order valence-electron chi connectivity index (χ0n) is 13.5. The van der Waals surface area contributed by atoms with Crippen molar-refractivity contribution >= 4 is 5.95 Å². The molecule has 1 atom stereocenters. The van der Waals surface area contributed by atoms with Crippen molar-refractivity contribution in [3.8, 4) is 0 Å². The van der Waals surface area contributed by atoms with Gasteiger partial charge in [-0.25, -0.2) is 9.97 Å². The fraction of sp³-hybridized carbons (Fsp3) is 0.750. The van der Waals surface area contributed by atoms with Gasteiger partial charge in [-0.1, -0.05) is 26.7 Å². The average Bonchev–Trinajstić information content (AvgIpc) is 2.58. The Morgan fingerprint density at radius 2 is 1.81 bits per heavy atom. The van der Waals surface area contributed by atoms with Crippen LogP contribution in [0.1, 0.15) is 39.5 Å². The van der Waals surface area contributed by atoms with Crippen molar-refractivity contribution in [2.75, 3.05) is 37.6 Å². The third-order valence-electron chi connectivity index (χ3n) is 4.82. The third-order valence-corrected chi connectivity index (χ3v) is 4.82. The molecule has 118 valence electrons. The summed E-state index contributed by atoms with van der Waals surface area (Å²) in [5.74, 6) is 0.848. The standard InChI is InChI=1S/C16H29N5/c1-3-5-7-16(4-2,14-17)21-12-10-20(11-13-21)15-18-8-6-9-19-15/h6,8-9H,3-5,7,10-14,17H2,1-2H3. The number of aromatic nitrogens is 2. The number of nitrogens with two attached hydrogens (primary N) is 1. The van der Waals surface area contributed by atoms with E-state index in [9.17, 15) is 0 Å². The SMILES string of the molecule is CCCCC(CC)(CN)N1CCN(c2ncccn2)CC1. The first-order chi connectivity index (χ1) is 10.3. The van der Waals surface area contributed by atoms with E-state index in [-0.39, 0.29) is 5.54 Å². The summed E-state index contributed by atoms with van der Waals surface area (Å²) in [6, 6.07) is 1.86. The van der Waals surface area contributed by atoms with Crippen LogP contribution in [-0.4, -0.2) is 53.1 Å². The molecule has 1 saturated heterocycles. The Labute approximate surface area is 128 Å². The zero-order valence-corrected chi connectivity index (χ0v) is 13.5. The second-order valence-electron chi connectivity index (χ2n) is 5.91. The van der Waals surface area contributed by atoms with Crippen LogP contribution in [0.3, 0.4) is 0 Å². The van der Waals surface area contributed by atoms with E-state index in [0.29, 0.717) is 0 Å². The lowest BCUT2D eigenvalue weighted by Gasteiger charge is -2.47. The van der Waals surface area contributed by atoms with Gasteiger partial charge in [0.2, 0.25) is 5.95 Å². The van der Waals surface area contributed by atoms with Crippen LogP contribution >= 0.6 is 0 Å². The topological polar surface area (TPSA) is 58.3 Å². The van der Waals surface area contributed by atoms with Gasteiger partial charge in [-0.05, 0) is 18.9 Å². The van der Waals surface area contributed by atoms with Crippen molar-refractivity contribution in [1.29, 1.82) is 0 Å². The van der Waals surface area contributed by atoms with E-state index in [1.54, 1.807) is 0 Å². The van der Waals surface area contributed by atoms with Crippen molar-refractivity contribution in [3.63, 3.8) is 0 Å². The van der Waals surface area contributed by atoms with E-state index in [1.165, 1.54) is 19.3 Å². The Morgan fingerprint density at radius 3 is 2.33 bits per heavy atom. The number of rotatable bonds is 7. The molecule has 0 saturated carbocycles. The van der Waals surface area contributed by atoms with Crippen LogP contribution in [0, 0.1) is 0 Å². The normalized spacial score (nSPS) is 19.5. The molecule has 2 heterocycles. The minimum atomic E-state index is 0.180. The van der Waals surface area contributed by atoms with E-state index in [4.69, 9.17) is 5.73 Å². The Morgan fingerprint density at radius 1 is 1.14 bits per heavy atom. The quantitative estimate of drug-likeness (QED) is 0.831. The van der Waals surface area contributed by atoms with E-state index >= 15 is 0 Å². The van der Waals surface area contributed by atoms with Crippen LogP contribution in [0.25, 0.3) is 0 Å². The van der Waals surface area contributed by atoms with Gasteiger partial charge in [-0.3, -0.25) is 4.90 Å². The molecule has 0 spiro atoms. The Hall–Kier alpha value is -1.20. The summed E-state index contributed by atoms with van der Waals surface area (Å²) in [6.07, 6.45) is 8.45. The molecule has 0 bridgehead atoms. The molecule has 21 heavy (non-hydrogen) atoms. The lowest BCUT2D eigenvalue weighted by Crippen LogP contribution is -2.60. The largest absolute Gasteiger partial charge is 0.338 e. The molecule has 1 aromatic heterocycles. The number of anilines is 1. The maximum Gasteiger partial charge on any atom is 0.225 e. The third kappa shape index (κ3) is 3.71. The summed E-state index contributed by atoms with van der Waals surface area (Å²) >= 11 is 0.